The van der Waals surface area contributed by atoms with E-state index in [4.69, 9.17) is 0 Å². The molecule has 0 spiro atoms. The zero-order valence-electron chi connectivity index (χ0n) is 11.9. The molecule has 1 saturated heterocycles. The van der Waals surface area contributed by atoms with E-state index in [0.717, 1.165) is 30.2 Å². The predicted molar refractivity (Wildman–Crippen MR) is 84.8 cm³/mol. The monoisotopic (exact) mass is 304 g/mol. The first-order valence-electron chi connectivity index (χ1n) is 7.38. The summed E-state index contributed by atoms with van der Waals surface area (Å²) < 4.78 is 27.7. The standard InChI is InChI=1S/C16H20N2O2S/c19-21(20,18-12-10-14-7-4-11-17-14)16-9-3-6-13-5-1-2-8-15(13)16/h1-3,5-6,8-9,14,17-18H,4,7,10-12H2/t14-/m0/s1. The van der Waals surface area contributed by atoms with Crippen molar-refractivity contribution in [2.75, 3.05) is 13.1 Å². The van der Waals surface area contributed by atoms with Gasteiger partial charge in [0, 0.05) is 18.0 Å². The minimum Gasteiger partial charge on any atom is -0.314 e. The normalized spacial score (nSPS) is 19.1. The highest BCUT2D eigenvalue weighted by atomic mass is 32.2. The summed E-state index contributed by atoms with van der Waals surface area (Å²) in [5.41, 5.74) is 0. The second kappa shape index (κ2) is 6.13. The van der Waals surface area contributed by atoms with Gasteiger partial charge in [0.05, 0.1) is 4.90 Å². The molecule has 1 atom stereocenters. The molecule has 3 rings (SSSR count). The maximum atomic E-state index is 12.5. The van der Waals surface area contributed by atoms with E-state index >= 15 is 0 Å². The Morgan fingerprint density at radius 2 is 1.95 bits per heavy atom. The Labute approximate surface area is 125 Å². The van der Waals surface area contributed by atoms with Crippen LogP contribution in [0, 0.1) is 0 Å². The topological polar surface area (TPSA) is 58.2 Å². The molecule has 2 aromatic rings. The van der Waals surface area contributed by atoms with Crippen LogP contribution in [0.5, 0.6) is 0 Å². The molecule has 1 aliphatic rings. The summed E-state index contributed by atoms with van der Waals surface area (Å²) in [5, 5.41) is 5.09. The summed E-state index contributed by atoms with van der Waals surface area (Å²) in [6.07, 6.45) is 3.15. The lowest BCUT2D eigenvalue weighted by Crippen LogP contribution is -2.30. The number of hydrogen-bond acceptors (Lipinski definition) is 3. The fourth-order valence-electron chi connectivity index (χ4n) is 2.88. The van der Waals surface area contributed by atoms with Crippen molar-refractivity contribution in [1.82, 2.24) is 10.0 Å². The first-order valence-corrected chi connectivity index (χ1v) is 8.86. The minimum atomic E-state index is -3.46. The van der Waals surface area contributed by atoms with Crippen molar-refractivity contribution in [3.05, 3.63) is 42.5 Å². The molecule has 1 aliphatic heterocycles. The molecular formula is C16H20N2O2S. The van der Waals surface area contributed by atoms with E-state index in [1.807, 2.05) is 30.3 Å². The third kappa shape index (κ3) is 3.26. The molecule has 112 valence electrons. The molecule has 21 heavy (non-hydrogen) atoms. The Morgan fingerprint density at radius 3 is 2.76 bits per heavy atom. The van der Waals surface area contributed by atoms with Crippen molar-refractivity contribution in [3.63, 3.8) is 0 Å². The minimum absolute atomic E-state index is 0.361. The molecule has 5 heteroatoms. The molecule has 1 heterocycles. The SMILES string of the molecule is O=S(=O)(NCC[C@@H]1CCCN1)c1cccc2ccccc12. The lowest BCUT2D eigenvalue weighted by molar-refractivity contribution is 0.540. The van der Waals surface area contributed by atoms with Crippen molar-refractivity contribution in [3.8, 4) is 0 Å². The molecule has 0 radical (unpaired) electrons. The van der Waals surface area contributed by atoms with Gasteiger partial charge < -0.3 is 5.32 Å². The number of nitrogens with one attached hydrogen (secondary N) is 2. The van der Waals surface area contributed by atoms with E-state index in [9.17, 15) is 8.42 Å². The zero-order valence-corrected chi connectivity index (χ0v) is 12.7. The second-order valence-corrected chi connectivity index (χ2v) is 7.19. The van der Waals surface area contributed by atoms with Crippen LogP contribution in [0.15, 0.2) is 47.4 Å². The zero-order chi connectivity index (χ0) is 14.7. The van der Waals surface area contributed by atoms with Crippen LogP contribution in [-0.4, -0.2) is 27.5 Å². The Bertz CT molecular complexity index is 717. The van der Waals surface area contributed by atoms with Crippen LogP contribution < -0.4 is 10.0 Å². The number of hydrogen-bond donors (Lipinski definition) is 2. The fraction of sp³-hybridized carbons (Fsp3) is 0.375. The van der Waals surface area contributed by atoms with Gasteiger partial charge in [0.2, 0.25) is 10.0 Å². The number of sulfonamides is 1. The lowest BCUT2D eigenvalue weighted by Gasteiger charge is -2.12. The van der Waals surface area contributed by atoms with Crippen LogP contribution in [0.3, 0.4) is 0 Å². The molecule has 1 fully saturated rings. The van der Waals surface area contributed by atoms with E-state index in [-0.39, 0.29) is 0 Å². The summed E-state index contributed by atoms with van der Waals surface area (Å²) in [5.74, 6) is 0. The molecule has 0 bridgehead atoms. The Kier molecular flexibility index (Phi) is 4.24. The van der Waals surface area contributed by atoms with E-state index in [0.29, 0.717) is 17.5 Å². The van der Waals surface area contributed by atoms with Crippen LogP contribution in [0.2, 0.25) is 0 Å². The van der Waals surface area contributed by atoms with Gasteiger partial charge in [-0.3, -0.25) is 0 Å². The van der Waals surface area contributed by atoms with Crippen molar-refractivity contribution < 1.29 is 8.42 Å². The Balaban J connectivity index is 1.76. The Hall–Kier alpha value is -1.43. The summed E-state index contributed by atoms with van der Waals surface area (Å²) in [6, 6.07) is 13.4. The van der Waals surface area contributed by atoms with Gasteiger partial charge in [-0.2, -0.15) is 0 Å². The summed E-state index contributed by atoms with van der Waals surface area (Å²) in [7, 11) is -3.46. The van der Waals surface area contributed by atoms with Crippen LogP contribution >= 0.6 is 0 Å². The molecule has 2 N–H and O–H groups in total. The quantitative estimate of drug-likeness (QED) is 0.891. The highest BCUT2D eigenvalue weighted by Crippen LogP contribution is 2.22. The third-order valence-electron chi connectivity index (χ3n) is 3.99. The van der Waals surface area contributed by atoms with E-state index in [1.54, 1.807) is 12.1 Å². The number of fused-ring (bicyclic) bond motifs is 1. The van der Waals surface area contributed by atoms with Gasteiger partial charge in [-0.1, -0.05) is 36.4 Å². The average molecular weight is 304 g/mol. The van der Waals surface area contributed by atoms with E-state index in [1.165, 1.54) is 6.42 Å². The van der Waals surface area contributed by atoms with Crippen LogP contribution in [0.1, 0.15) is 19.3 Å². The van der Waals surface area contributed by atoms with Crippen molar-refractivity contribution in [1.29, 1.82) is 0 Å². The molecule has 0 amide bonds. The highest BCUT2D eigenvalue weighted by Gasteiger charge is 2.18. The van der Waals surface area contributed by atoms with Gasteiger partial charge in [0.15, 0.2) is 0 Å². The molecule has 4 nitrogen and oxygen atoms in total. The van der Waals surface area contributed by atoms with Gasteiger partial charge in [-0.05, 0) is 37.3 Å². The second-order valence-electron chi connectivity index (χ2n) is 5.46. The largest absolute Gasteiger partial charge is 0.314 e. The summed E-state index contributed by atoms with van der Waals surface area (Å²) >= 11 is 0. The van der Waals surface area contributed by atoms with Crippen LogP contribution in [0.4, 0.5) is 0 Å². The third-order valence-corrected chi connectivity index (χ3v) is 5.51. The van der Waals surface area contributed by atoms with Crippen LogP contribution in [-0.2, 0) is 10.0 Å². The lowest BCUT2D eigenvalue weighted by atomic mass is 10.1. The summed E-state index contributed by atoms with van der Waals surface area (Å²) in [4.78, 5) is 0.361. The van der Waals surface area contributed by atoms with Crippen molar-refractivity contribution >= 4 is 20.8 Å². The maximum absolute atomic E-state index is 12.5. The number of benzene rings is 2. The van der Waals surface area contributed by atoms with Gasteiger partial charge in [-0.15, -0.1) is 0 Å². The first kappa shape index (κ1) is 14.5. The van der Waals surface area contributed by atoms with Crippen molar-refractivity contribution in [2.24, 2.45) is 0 Å². The molecule has 0 aliphatic carbocycles. The molecule has 0 aromatic heterocycles. The van der Waals surface area contributed by atoms with E-state index in [2.05, 4.69) is 10.0 Å². The van der Waals surface area contributed by atoms with Gasteiger partial charge >= 0.3 is 0 Å². The average Bonchev–Trinajstić information content (AvgIpc) is 3.00. The Morgan fingerprint density at radius 1 is 1.14 bits per heavy atom. The molecule has 0 saturated carbocycles. The smallest absolute Gasteiger partial charge is 0.241 e. The number of rotatable bonds is 5. The van der Waals surface area contributed by atoms with E-state index < -0.39 is 10.0 Å². The van der Waals surface area contributed by atoms with Gasteiger partial charge in [0.1, 0.15) is 0 Å². The fourth-order valence-corrected chi connectivity index (χ4v) is 4.15. The molecular weight excluding hydrogens is 284 g/mol. The first-order chi connectivity index (χ1) is 10.2. The van der Waals surface area contributed by atoms with Gasteiger partial charge in [-0.25, -0.2) is 13.1 Å². The maximum Gasteiger partial charge on any atom is 0.241 e. The highest BCUT2D eigenvalue weighted by molar-refractivity contribution is 7.89. The molecule has 2 aromatic carbocycles. The van der Waals surface area contributed by atoms with Crippen molar-refractivity contribution in [2.45, 2.75) is 30.2 Å². The summed E-state index contributed by atoms with van der Waals surface area (Å²) in [6.45, 7) is 1.52. The van der Waals surface area contributed by atoms with Gasteiger partial charge in [0.25, 0.3) is 0 Å². The van der Waals surface area contributed by atoms with Crippen LogP contribution in [0.25, 0.3) is 10.8 Å². The molecule has 0 unspecified atom stereocenters. The predicted octanol–water partition coefficient (Wildman–Crippen LogP) is 2.26.